The zero-order chi connectivity index (χ0) is 13.2. The van der Waals surface area contributed by atoms with Gasteiger partial charge >= 0.3 is 0 Å². The van der Waals surface area contributed by atoms with Crippen LogP contribution in [0.4, 0.5) is 5.69 Å². The molecule has 0 aliphatic rings. The van der Waals surface area contributed by atoms with Crippen molar-refractivity contribution in [2.24, 2.45) is 0 Å². The van der Waals surface area contributed by atoms with Gasteiger partial charge in [0.15, 0.2) is 0 Å². The minimum absolute atomic E-state index is 0.714. The zero-order valence-electron chi connectivity index (χ0n) is 10.1. The molecule has 1 heterocycles. The van der Waals surface area contributed by atoms with E-state index in [0.717, 1.165) is 22.2 Å². The van der Waals surface area contributed by atoms with E-state index in [9.17, 15) is 0 Å². The Bertz CT molecular complexity index is 721. The fourth-order valence-electron chi connectivity index (χ4n) is 2.05. The molecular weight excluding hydrogens is 324 g/mol. The molecule has 3 aromatic rings. The molecule has 0 fully saturated rings. The molecule has 0 aliphatic carbocycles. The molecule has 96 valence electrons. The van der Waals surface area contributed by atoms with Gasteiger partial charge in [0.2, 0.25) is 0 Å². The number of anilines is 1. The van der Waals surface area contributed by atoms with Crippen molar-refractivity contribution >= 4 is 44.1 Å². The highest BCUT2D eigenvalue weighted by atomic mass is 79.9. The summed E-state index contributed by atoms with van der Waals surface area (Å²) in [6.07, 6.45) is 1.95. The van der Waals surface area contributed by atoms with E-state index >= 15 is 0 Å². The number of H-pyrrole nitrogens is 1. The molecular formula is C15H12BrClN2. The third-order valence-corrected chi connectivity index (χ3v) is 4.45. The Balaban J connectivity index is 1.80. The smallest absolute Gasteiger partial charge is 0.0593 e. The van der Waals surface area contributed by atoms with Crippen LogP contribution in [0.5, 0.6) is 0 Å². The Morgan fingerprint density at radius 1 is 1.16 bits per heavy atom. The second kappa shape index (κ2) is 5.27. The monoisotopic (exact) mass is 334 g/mol. The predicted molar refractivity (Wildman–Crippen MR) is 84.8 cm³/mol. The van der Waals surface area contributed by atoms with Gasteiger partial charge in [-0.15, -0.1) is 0 Å². The van der Waals surface area contributed by atoms with Gasteiger partial charge in [-0.1, -0.05) is 23.7 Å². The lowest BCUT2D eigenvalue weighted by molar-refractivity contribution is 1.15. The zero-order valence-corrected chi connectivity index (χ0v) is 12.4. The predicted octanol–water partition coefficient (Wildman–Crippen LogP) is 5.20. The van der Waals surface area contributed by atoms with Crippen LogP contribution >= 0.6 is 27.5 Å². The van der Waals surface area contributed by atoms with Crippen LogP contribution in [0.25, 0.3) is 10.9 Å². The van der Waals surface area contributed by atoms with Gasteiger partial charge in [0.25, 0.3) is 0 Å². The van der Waals surface area contributed by atoms with E-state index in [4.69, 9.17) is 11.6 Å². The summed E-state index contributed by atoms with van der Waals surface area (Å²) < 4.78 is 0.902. The summed E-state index contributed by atoms with van der Waals surface area (Å²) in [6.45, 7) is 0.764. The summed E-state index contributed by atoms with van der Waals surface area (Å²) in [5.41, 5.74) is 3.40. The van der Waals surface area contributed by atoms with E-state index < -0.39 is 0 Å². The van der Waals surface area contributed by atoms with Gasteiger partial charge in [-0.25, -0.2) is 0 Å². The summed E-state index contributed by atoms with van der Waals surface area (Å²) in [6, 6.07) is 14.3. The molecule has 3 rings (SSSR count). The Labute approximate surface area is 124 Å². The lowest BCUT2D eigenvalue weighted by atomic mass is 10.1. The van der Waals surface area contributed by atoms with Gasteiger partial charge in [-0.3, -0.25) is 0 Å². The molecule has 2 aromatic carbocycles. The number of hydrogen-bond acceptors (Lipinski definition) is 1. The quantitative estimate of drug-likeness (QED) is 0.677. The summed E-state index contributed by atoms with van der Waals surface area (Å²) in [7, 11) is 0. The van der Waals surface area contributed by atoms with Crippen molar-refractivity contribution in [1.82, 2.24) is 4.98 Å². The Hall–Kier alpha value is -1.45. The molecule has 19 heavy (non-hydrogen) atoms. The summed E-state index contributed by atoms with van der Waals surface area (Å²) in [5, 5.41) is 5.33. The van der Waals surface area contributed by atoms with E-state index in [-0.39, 0.29) is 0 Å². The second-order valence-electron chi connectivity index (χ2n) is 4.35. The van der Waals surface area contributed by atoms with Crippen LogP contribution in [0, 0.1) is 0 Å². The molecule has 2 N–H and O–H groups in total. The van der Waals surface area contributed by atoms with Gasteiger partial charge < -0.3 is 10.3 Å². The summed E-state index contributed by atoms with van der Waals surface area (Å²) >= 11 is 9.56. The molecule has 0 spiro atoms. The highest BCUT2D eigenvalue weighted by Crippen LogP contribution is 2.30. The van der Waals surface area contributed by atoms with Crippen molar-refractivity contribution in [1.29, 1.82) is 0 Å². The Morgan fingerprint density at radius 2 is 2.05 bits per heavy atom. The minimum Gasteiger partial charge on any atom is -0.380 e. The molecule has 0 atom stereocenters. The topological polar surface area (TPSA) is 27.8 Å². The molecule has 0 unspecified atom stereocenters. The number of benzene rings is 2. The van der Waals surface area contributed by atoms with Crippen LogP contribution in [0.3, 0.4) is 0 Å². The maximum Gasteiger partial charge on any atom is 0.0593 e. The molecule has 0 bridgehead atoms. The van der Waals surface area contributed by atoms with E-state index in [2.05, 4.69) is 50.5 Å². The molecule has 0 amide bonds. The van der Waals surface area contributed by atoms with Crippen molar-refractivity contribution in [2.45, 2.75) is 6.54 Å². The van der Waals surface area contributed by atoms with E-state index in [1.165, 1.54) is 10.9 Å². The molecule has 2 nitrogen and oxygen atoms in total. The first-order chi connectivity index (χ1) is 9.24. The van der Waals surface area contributed by atoms with Crippen LogP contribution in [-0.4, -0.2) is 4.98 Å². The third-order valence-electron chi connectivity index (χ3n) is 3.05. The first-order valence-corrected chi connectivity index (χ1v) is 7.15. The van der Waals surface area contributed by atoms with Gasteiger partial charge in [0.05, 0.1) is 15.2 Å². The number of hydrogen-bond donors (Lipinski definition) is 2. The van der Waals surface area contributed by atoms with Crippen molar-refractivity contribution in [3.63, 3.8) is 0 Å². The highest BCUT2D eigenvalue weighted by molar-refractivity contribution is 9.10. The Kier molecular flexibility index (Phi) is 3.49. The minimum atomic E-state index is 0.714. The average molecular weight is 336 g/mol. The van der Waals surface area contributed by atoms with E-state index in [0.29, 0.717) is 5.02 Å². The van der Waals surface area contributed by atoms with Crippen LogP contribution in [0.2, 0.25) is 5.02 Å². The highest BCUT2D eigenvalue weighted by Gasteiger charge is 2.03. The fraction of sp³-hybridized carbons (Fsp3) is 0.0667. The van der Waals surface area contributed by atoms with Gasteiger partial charge in [-0.05, 0) is 57.2 Å². The fourth-order valence-corrected chi connectivity index (χ4v) is 2.63. The SMILES string of the molecule is Clc1cccc(NCc2ccc3[nH]ccc3c2)c1Br. The molecule has 0 saturated heterocycles. The first-order valence-electron chi connectivity index (χ1n) is 5.98. The number of rotatable bonds is 3. The maximum absolute atomic E-state index is 6.07. The number of aromatic nitrogens is 1. The van der Waals surface area contributed by atoms with E-state index in [1.54, 1.807) is 0 Å². The number of aromatic amines is 1. The van der Waals surface area contributed by atoms with E-state index in [1.807, 2.05) is 24.4 Å². The summed E-state index contributed by atoms with van der Waals surface area (Å²) in [5.74, 6) is 0. The Morgan fingerprint density at radius 3 is 2.95 bits per heavy atom. The van der Waals surface area contributed by atoms with Crippen molar-refractivity contribution < 1.29 is 0 Å². The van der Waals surface area contributed by atoms with Crippen molar-refractivity contribution in [3.8, 4) is 0 Å². The van der Waals surface area contributed by atoms with Gasteiger partial charge in [-0.2, -0.15) is 0 Å². The maximum atomic E-state index is 6.07. The van der Waals surface area contributed by atoms with Crippen LogP contribution in [0.1, 0.15) is 5.56 Å². The second-order valence-corrected chi connectivity index (χ2v) is 5.55. The molecule has 0 saturated carbocycles. The average Bonchev–Trinajstić information content (AvgIpc) is 2.88. The normalized spacial score (nSPS) is 10.8. The number of halogens is 2. The lowest BCUT2D eigenvalue weighted by Gasteiger charge is -2.09. The molecule has 0 aliphatic heterocycles. The molecule has 4 heteroatoms. The van der Waals surface area contributed by atoms with Crippen LogP contribution in [-0.2, 0) is 6.54 Å². The van der Waals surface area contributed by atoms with Crippen molar-refractivity contribution in [3.05, 3.63) is 63.7 Å². The molecule has 1 aromatic heterocycles. The van der Waals surface area contributed by atoms with Crippen LogP contribution in [0.15, 0.2) is 53.1 Å². The van der Waals surface area contributed by atoms with Crippen LogP contribution < -0.4 is 5.32 Å². The number of fused-ring (bicyclic) bond motifs is 1. The lowest BCUT2D eigenvalue weighted by Crippen LogP contribution is -1.99. The number of nitrogens with one attached hydrogen (secondary N) is 2. The van der Waals surface area contributed by atoms with Gasteiger partial charge in [0, 0.05) is 18.3 Å². The first kappa shape index (κ1) is 12.6. The summed E-state index contributed by atoms with van der Waals surface area (Å²) in [4.78, 5) is 3.19. The third kappa shape index (κ3) is 2.62. The van der Waals surface area contributed by atoms with Gasteiger partial charge in [0.1, 0.15) is 0 Å². The van der Waals surface area contributed by atoms with Crippen molar-refractivity contribution in [2.75, 3.05) is 5.32 Å². The standard InChI is InChI=1S/C15H12BrClN2/c16-15-12(17)2-1-3-14(15)19-9-10-4-5-13-11(8-10)6-7-18-13/h1-8,18-19H,9H2. The largest absolute Gasteiger partial charge is 0.380 e. The molecule has 0 radical (unpaired) electrons.